The topological polar surface area (TPSA) is 87.7 Å². The summed E-state index contributed by atoms with van der Waals surface area (Å²) >= 11 is 0. The van der Waals surface area contributed by atoms with E-state index in [4.69, 9.17) is 4.74 Å². The fourth-order valence-electron chi connectivity index (χ4n) is 3.35. The molecule has 0 atom stereocenters. The molecule has 2 aromatic carbocycles. The lowest BCUT2D eigenvalue weighted by molar-refractivity contribution is -0.134. The highest BCUT2D eigenvalue weighted by molar-refractivity contribution is 6.07. The number of carbonyl (C=O) groups excluding carboxylic acids is 3. The highest BCUT2D eigenvalue weighted by atomic mass is 16.5. The number of hydrogen-bond acceptors (Lipinski definition) is 4. The first-order valence-corrected chi connectivity index (χ1v) is 10.2. The van der Waals surface area contributed by atoms with E-state index in [2.05, 4.69) is 10.6 Å². The number of rotatable bonds is 5. The van der Waals surface area contributed by atoms with Gasteiger partial charge in [0.25, 0.3) is 11.8 Å². The van der Waals surface area contributed by atoms with Crippen LogP contribution in [0, 0.1) is 0 Å². The van der Waals surface area contributed by atoms with Gasteiger partial charge in [-0.3, -0.25) is 19.3 Å². The molecule has 1 aliphatic rings. The van der Waals surface area contributed by atoms with Gasteiger partial charge in [-0.1, -0.05) is 30.3 Å². The zero-order valence-electron chi connectivity index (χ0n) is 18.6. The lowest BCUT2D eigenvalue weighted by Gasteiger charge is -2.39. The van der Waals surface area contributed by atoms with Crippen molar-refractivity contribution in [1.29, 1.82) is 0 Å². The van der Waals surface area contributed by atoms with Gasteiger partial charge in [0.1, 0.15) is 12.3 Å². The zero-order chi connectivity index (χ0) is 22.8. The number of carbonyl (C=O) groups is 3. The molecule has 0 bridgehead atoms. The van der Waals surface area contributed by atoms with E-state index >= 15 is 0 Å². The summed E-state index contributed by atoms with van der Waals surface area (Å²) in [5, 5.41) is 5.74. The lowest BCUT2D eigenvalue weighted by Crippen LogP contribution is -2.56. The SMILES string of the molecule is CC(C)(C)NC(=O)CN1C(=O)C(C)(C)Oc2ccc(C(=O)NCc3ccccc3)cc21. The molecule has 1 heterocycles. The van der Waals surface area contributed by atoms with Gasteiger partial charge in [0.05, 0.1) is 5.69 Å². The number of amides is 3. The molecule has 3 rings (SSSR count). The second-order valence-corrected chi connectivity index (χ2v) is 9.15. The molecule has 0 saturated carbocycles. The molecule has 2 aromatic rings. The Bertz CT molecular complexity index is 994. The molecule has 0 radical (unpaired) electrons. The standard InChI is InChI=1S/C24H29N3O4/c1-23(2,3)26-20(28)15-27-18-13-17(11-12-19(18)31-24(4,5)22(27)30)21(29)25-14-16-9-7-6-8-10-16/h6-13H,14-15H2,1-5H3,(H,25,29)(H,26,28). The molecule has 31 heavy (non-hydrogen) atoms. The van der Waals surface area contributed by atoms with Crippen LogP contribution in [0.15, 0.2) is 48.5 Å². The van der Waals surface area contributed by atoms with Crippen molar-refractivity contribution in [2.24, 2.45) is 0 Å². The Balaban J connectivity index is 1.85. The second kappa shape index (κ2) is 8.41. The summed E-state index contributed by atoms with van der Waals surface area (Å²) in [4.78, 5) is 39.6. The van der Waals surface area contributed by atoms with E-state index in [9.17, 15) is 14.4 Å². The summed E-state index contributed by atoms with van der Waals surface area (Å²) in [5.74, 6) is -0.454. The molecule has 3 amide bonds. The third-order valence-corrected chi connectivity index (χ3v) is 4.75. The minimum atomic E-state index is -1.12. The first kappa shape index (κ1) is 22.3. The predicted molar refractivity (Wildman–Crippen MR) is 119 cm³/mol. The maximum atomic E-state index is 13.0. The second-order valence-electron chi connectivity index (χ2n) is 9.15. The molecule has 7 nitrogen and oxygen atoms in total. The Hall–Kier alpha value is -3.35. The van der Waals surface area contributed by atoms with Gasteiger partial charge in [-0.2, -0.15) is 0 Å². The Morgan fingerprint density at radius 3 is 2.39 bits per heavy atom. The average Bonchev–Trinajstić information content (AvgIpc) is 2.68. The predicted octanol–water partition coefficient (Wildman–Crippen LogP) is 3.04. The van der Waals surface area contributed by atoms with Gasteiger partial charge in [-0.15, -0.1) is 0 Å². The minimum absolute atomic E-state index is 0.162. The molecule has 0 unspecified atom stereocenters. The maximum Gasteiger partial charge on any atom is 0.271 e. The number of hydrogen-bond donors (Lipinski definition) is 2. The number of nitrogens with one attached hydrogen (secondary N) is 2. The van der Waals surface area contributed by atoms with Crippen LogP contribution in [-0.2, 0) is 16.1 Å². The molecule has 0 spiro atoms. The van der Waals surface area contributed by atoms with E-state index in [1.54, 1.807) is 32.0 Å². The Morgan fingerprint density at radius 1 is 1.06 bits per heavy atom. The van der Waals surface area contributed by atoms with Crippen LogP contribution in [-0.4, -0.2) is 35.4 Å². The van der Waals surface area contributed by atoms with E-state index in [1.807, 2.05) is 51.1 Å². The van der Waals surface area contributed by atoms with E-state index in [0.29, 0.717) is 23.5 Å². The van der Waals surface area contributed by atoms with Crippen LogP contribution in [0.5, 0.6) is 5.75 Å². The monoisotopic (exact) mass is 423 g/mol. The molecule has 2 N–H and O–H groups in total. The number of fused-ring (bicyclic) bond motifs is 1. The van der Waals surface area contributed by atoms with E-state index in [1.165, 1.54) is 4.90 Å². The number of benzene rings is 2. The van der Waals surface area contributed by atoms with Gasteiger partial charge in [0.2, 0.25) is 5.91 Å². The highest BCUT2D eigenvalue weighted by Gasteiger charge is 2.42. The smallest absolute Gasteiger partial charge is 0.271 e. The molecule has 164 valence electrons. The Labute approximate surface area is 182 Å². The van der Waals surface area contributed by atoms with Crippen LogP contribution in [0.3, 0.4) is 0 Å². The van der Waals surface area contributed by atoms with Gasteiger partial charge < -0.3 is 15.4 Å². The van der Waals surface area contributed by atoms with Gasteiger partial charge in [-0.05, 0) is 58.4 Å². The van der Waals surface area contributed by atoms with Gasteiger partial charge >= 0.3 is 0 Å². The minimum Gasteiger partial charge on any atom is -0.476 e. The van der Waals surface area contributed by atoms with Crippen LogP contribution in [0.25, 0.3) is 0 Å². The summed E-state index contributed by atoms with van der Waals surface area (Å²) in [6.45, 7) is 9.17. The Kier molecular flexibility index (Phi) is 6.06. The van der Waals surface area contributed by atoms with Crippen LogP contribution < -0.4 is 20.3 Å². The largest absolute Gasteiger partial charge is 0.476 e. The summed E-state index contributed by atoms with van der Waals surface area (Å²) < 4.78 is 5.85. The quantitative estimate of drug-likeness (QED) is 0.774. The van der Waals surface area contributed by atoms with Crippen LogP contribution in [0.1, 0.15) is 50.5 Å². The number of ether oxygens (including phenoxy) is 1. The Morgan fingerprint density at radius 2 is 1.74 bits per heavy atom. The van der Waals surface area contributed by atoms with Crippen molar-refractivity contribution < 1.29 is 19.1 Å². The fourth-order valence-corrected chi connectivity index (χ4v) is 3.35. The molecule has 1 aliphatic heterocycles. The number of nitrogens with zero attached hydrogens (tertiary/aromatic N) is 1. The van der Waals surface area contributed by atoms with Crippen molar-refractivity contribution in [2.75, 3.05) is 11.4 Å². The lowest BCUT2D eigenvalue weighted by atomic mass is 10.0. The van der Waals surface area contributed by atoms with E-state index in [0.717, 1.165) is 5.56 Å². The van der Waals surface area contributed by atoms with Crippen molar-refractivity contribution >= 4 is 23.4 Å². The molecule has 0 aromatic heterocycles. The zero-order valence-corrected chi connectivity index (χ0v) is 18.6. The molecule has 0 aliphatic carbocycles. The van der Waals surface area contributed by atoms with Crippen molar-refractivity contribution in [1.82, 2.24) is 10.6 Å². The molecule has 0 saturated heterocycles. The van der Waals surface area contributed by atoms with Crippen LogP contribution in [0.4, 0.5) is 5.69 Å². The van der Waals surface area contributed by atoms with Crippen molar-refractivity contribution in [3.8, 4) is 5.75 Å². The molecule has 0 fully saturated rings. The van der Waals surface area contributed by atoms with Crippen LogP contribution in [0.2, 0.25) is 0 Å². The fraction of sp³-hybridized carbons (Fsp3) is 0.375. The summed E-state index contributed by atoms with van der Waals surface area (Å²) in [7, 11) is 0. The third kappa shape index (κ3) is 5.42. The first-order chi connectivity index (χ1) is 14.5. The molecular formula is C24H29N3O4. The van der Waals surface area contributed by atoms with Crippen molar-refractivity contribution in [3.05, 3.63) is 59.7 Å². The highest BCUT2D eigenvalue weighted by Crippen LogP contribution is 2.38. The van der Waals surface area contributed by atoms with Crippen molar-refractivity contribution in [2.45, 2.75) is 52.3 Å². The number of anilines is 1. The summed E-state index contributed by atoms with van der Waals surface area (Å²) in [6, 6.07) is 14.5. The maximum absolute atomic E-state index is 13.0. The summed E-state index contributed by atoms with van der Waals surface area (Å²) in [6.07, 6.45) is 0. The molecule has 7 heteroatoms. The average molecular weight is 424 g/mol. The summed E-state index contributed by atoms with van der Waals surface area (Å²) in [5.41, 5.74) is 0.220. The normalized spacial score (nSPS) is 15.0. The van der Waals surface area contributed by atoms with Crippen molar-refractivity contribution in [3.63, 3.8) is 0 Å². The van der Waals surface area contributed by atoms with Gasteiger partial charge in [-0.25, -0.2) is 0 Å². The third-order valence-electron chi connectivity index (χ3n) is 4.75. The van der Waals surface area contributed by atoms with E-state index < -0.39 is 11.1 Å². The van der Waals surface area contributed by atoms with Gasteiger partial charge in [0.15, 0.2) is 5.60 Å². The molecular weight excluding hydrogens is 394 g/mol. The first-order valence-electron chi connectivity index (χ1n) is 10.2. The van der Waals surface area contributed by atoms with Crippen LogP contribution >= 0.6 is 0 Å². The van der Waals surface area contributed by atoms with E-state index in [-0.39, 0.29) is 24.3 Å². The van der Waals surface area contributed by atoms with Gasteiger partial charge in [0, 0.05) is 17.6 Å².